The third kappa shape index (κ3) is 33.3. The Morgan fingerprint density at radius 3 is 1.27 bits per heavy atom. The first-order valence-corrected chi connectivity index (χ1v) is 36.4. The molecule has 15 amide bonds. The SMILES string of the molecule is CC[C@H](C)[C@H](NC(=O)[C@H](Cc1ccc(O)cc1)NC(=O)[C@@H](NC(=O)[C@@H](NC(=O)[C@H](CCC(N)=O)NC(=O)[C@@H](NC(=O)[C@@H](NC(=O)[C@H](CCCCN)NC(=O)[C@H](CC(=O)O)NC(=O)[C@H](C)N)[C@@H](C)O)[C@@H](C)O)[C@@H](C)O)[C@@H](C)CC)C(=O)N[C@@H](CC(=O)O)C(=O)N[C@@H](C)C(=O)N[C@@H](CC(=O)O)C(=O)N1CCC[C@H]1C(=O)NCC(=O)O. The molecule has 0 bridgehead atoms. The van der Waals surface area contributed by atoms with Gasteiger partial charge in [-0.15, -0.1) is 0 Å². The largest absolute Gasteiger partial charge is 0.508 e. The maximum Gasteiger partial charge on any atom is 0.322 e. The summed E-state index contributed by atoms with van der Waals surface area (Å²) in [7, 11) is 0. The number of phenols is 1. The molecule has 19 atom stereocenters. The maximum absolute atomic E-state index is 14.7. The van der Waals surface area contributed by atoms with Crippen LogP contribution < -0.4 is 86.3 Å². The summed E-state index contributed by atoms with van der Waals surface area (Å²) in [4.78, 5) is 254. The van der Waals surface area contributed by atoms with Gasteiger partial charge in [0.25, 0.3) is 0 Å². The van der Waals surface area contributed by atoms with Crippen molar-refractivity contribution in [2.75, 3.05) is 19.6 Å². The van der Waals surface area contributed by atoms with E-state index < -0.39 is 272 Å². The van der Waals surface area contributed by atoms with E-state index >= 15 is 0 Å². The van der Waals surface area contributed by atoms with Crippen molar-refractivity contribution in [1.82, 2.24) is 74.0 Å². The smallest absolute Gasteiger partial charge is 0.322 e. The van der Waals surface area contributed by atoms with Crippen LogP contribution in [0.2, 0.25) is 0 Å². The van der Waals surface area contributed by atoms with E-state index in [1.54, 1.807) is 13.8 Å². The molecule has 0 aliphatic carbocycles. The van der Waals surface area contributed by atoms with Crippen LogP contribution in [0.5, 0.6) is 5.75 Å². The summed E-state index contributed by atoms with van der Waals surface area (Å²) < 4.78 is 0. The molecule has 44 heteroatoms. The maximum atomic E-state index is 14.7. The second-order valence-electron chi connectivity index (χ2n) is 27.6. The summed E-state index contributed by atoms with van der Waals surface area (Å²) in [6.45, 7) is 10.7. The number of phenolic OH excluding ortho intramolecular Hbond substituents is 1. The van der Waals surface area contributed by atoms with Gasteiger partial charge in [0, 0.05) is 19.4 Å². The van der Waals surface area contributed by atoms with Gasteiger partial charge < -0.3 is 132 Å². The van der Waals surface area contributed by atoms with E-state index in [2.05, 4.69) is 69.1 Å². The lowest BCUT2D eigenvalue weighted by Crippen LogP contribution is -2.64. The summed E-state index contributed by atoms with van der Waals surface area (Å²) in [5.74, 6) is -25.5. The topological polar surface area (TPSA) is 724 Å². The number of carbonyl (C=O) groups excluding carboxylic acids is 15. The number of carbonyl (C=O) groups is 19. The van der Waals surface area contributed by atoms with Crippen LogP contribution in [0.1, 0.15) is 145 Å². The van der Waals surface area contributed by atoms with E-state index in [0.29, 0.717) is 6.42 Å². The molecule has 1 fully saturated rings. The van der Waals surface area contributed by atoms with Gasteiger partial charge in [0.05, 0.1) is 43.6 Å². The van der Waals surface area contributed by atoms with Gasteiger partial charge >= 0.3 is 23.9 Å². The van der Waals surface area contributed by atoms with Gasteiger partial charge in [-0.25, -0.2) is 0 Å². The van der Waals surface area contributed by atoms with Crippen LogP contribution >= 0.6 is 0 Å². The van der Waals surface area contributed by atoms with Crippen LogP contribution in [0.3, 0.4) is 0 Å². The molecule has 0 unspecified atom stereocenters. The lowest BCUT2D eigenvalue weighted by Gasteiger charge is -2.31. The summed E-state index contributed by atoms with van der Waals surface area (Å²) in [5.41, 5.74) is 16.9. The van der Waals surface area contributed by atoms with Crippen LogP contribution in [-0.4, -0.2) is 281 Å². The van der Waals surface area contributed by atoms with Crippen molar-refractivity contribution in [3.63, 3.8) is 0 Å². The molecule has 1 heterocycles. The number of primary amides is 1. The quantitative estimate of drug-likeness (QED) is 0.0269. The number of aliphatic hydroxyl groups excluding tert-OH is 3. The van der Waals surface area contributed by atoms with Gasteiger partial charge in [0.15, 0.2) is 0 Å². The molecule has 1 aromatic rings. The molecular formula is C69H109N17O27. The molecule has 0 radical (unpaired) electrons. The zero-order chi connectivity index (χ0) is 86.0. The monoisotopic (exact) mass is 1610 g/mol. The molecular weight excluding hydrogens is 1500 g/mol. The van der Waals surface area contributed by atoms with E-state index in [4.69, 9.17) is 22.3 Å². The first kappa shape index (κ1) is 97.8. The predicted molar refractivity (Wildman–Crippen MR) is 392 cm³/mol. The molecule has 1 aliphatic heterocycles. The lowest BCUT2D eigenvalue weighted by atomic mass is 9.95. The van der Waals surface area contributed by atoms with Crippen molar-refractivity contribution in [3.05, 3.63) is 29.8 Å². The Kier molecular flexibility index (Phi) is 41.4. The molecule has 0 spiro atoms. The number of nitrogens with two attached hydrogens (primary N) is 3. The van der Waals surface area contributed by atoms with Gasteiger partial charge in [-0.3, -0.25) is 91.1 Å². The predicted octanol–water partition coefficient (Wildman–Crippen LogP) is -8.64. The normalized spacial score (nSPS) is 17.3. The number of carboxylic acids is 4. The number of nitrogens with zero attached hydrogens (tertiary/aromatic N) is 1. The Morgan fingerprint density at radius 1 is 0.451 bits per heavy atom. The minimum absolute atomic E-state index is 0.0580. The number of aromatic hydroxyl groups is 1. The molecule has 0 aromatic heterocycles. The zero-order valence-electron chi connectivity index (χ0n) is 64.1. The first-order chi connectivity index (χ1) is 52.8. The highest BCUT2D eigenvalue weighted by Crippen LogP contribution is 2.21. The van der Waals surface area contributed by atoms with Crippen molar-refractivity contribution in [2.45, 2.75) is 249 Å². The number of hydrogen-bond donors (Lipinski definition) is 24. The number of aliphatic hydroxyl groups is 3. The summed E-state index contributed by atoms with van der Waals surface area (Å²) in [6.07, 6.45) is -9.69. The summed E-state index contributed by atoms with van der Waals surface area (Å²) in [5, 5.41) is 111. The average Bonchev–Trinajstić information content (AvgIpc) is 1.81. The number of amides is 15. The van der Waals surface area contributed by atoms with Gasteiger partial charge in [0.2, 0.25) is 88.6 Å². The fourth-order valence-corrected chi connectivity index (χ4v) is 11.2. The van der Waals surface area contributed by atoms with Crippen molar-refractivity contribution < 1.29 is 132 Å². The molecule has 27 N–H and O–H groups in total. The Morgan fingerprint density at radius 2 is 0.823 bits per heavy atom. The summed E-state index contributed by atoms with van der Waals surface area (Å²) in [6, 6.07) is -19.3. The number of carboxylic acid groups (broad SMARTS) is 4. The highest BCUT2D eigenvalue weighted by Gasteiger charge is 2.43. The third-order valence-electron chi connectivity index (χ3n) is 18.1. The number of nitrogens with one attached hydrogen (secondary N) is 13. The van der Waals surface area contributed by atoms with Crippen molar-refractivity contribution in [2.24, 2.45) is 29.0 Å². The number of hydrogen-bond acceptors (Lipinski definition) is 25. The van der Waals surface area contributed by atoms with E-state index in [9.17, 15) is 127 Å². The van der Waals surface area contributed by atoms with Gasteiger partial charge in [0.1, 0.15) is 90.8 Å². The molecule has 113 heavy (non-hydrogen) atoms. The van der Waals surface area contributed by atoms with Crippen LogP contribution in [0, 0.1) is 11.8 Å². The highest BCUT2D eigenvalue weighted by atomic mass is 16.4. The van der Waals surface area contributed by atoms with Gasteiger partial charge in [-0.2, -0.15) is 0 Å². The van der Waals surface area contributed by atoms with E-state index in [1.807, 2.05) is 0 Å². The Balaban J connectivity index is 2.51. The van der Waals surface area contributed by atoms with E-state index in [1.165, 1.54) is 45.0 Å². The lowest BCUT2D eigenvalue weighted by molar-refractivity contribution is -0.146. The van der Waals surface area contributed by atoms with Gasteiger partial charge in [-0.05, 0) is 109 Å². The average molecular weight is 1610 g/mol. The Bertz CT molecular complexity index is 3550. The first-order valence-electron chi connectivity index (χ1n) is 36.4. The molecule has 0 saturated carbocycles. The summed E-state index contributed by atoms with van der Waals surface area (Å²) >= 11 is 0. The molecule has 1 aromatic carbocycles. The second-order valence-corrected chi connectivity index (χ2v) is 27.6. The Labute approximate surface area is 649 Å². The van der Waals surface area contributed by atoms with Crippen LogP contribution in [0.25, 0.3) is 0 Å². The molecule has 1 aliphatic rings. The van der Waals surface area contributed by atoms with Crippen molar-refractivity contribution in [3.8, 4) is 5.75 Å². The van der Waals surface area contributed by atoms with Gasteiger partial charge in [-0.1, -0.05) is 52.7 Å². The Hall–Kier alpha value is -11.2. The highest BCUT2D eigenvalue weighted by molar-refractivity contribution is 6.02. The number of aliphatic carboxylic acids is 4. The zero-order valence-corrected chi connectivity index (χ0v) is 64.1. The van der Waals surface area contributed by atoms with Crippen molar-refractivity contribution >= 4 is 112 Å². The number of likely N-dealkylation sites (tertiary alicyclic amines) is 1. The number of rotatable bonds is 50. The fraction of sp³-hybridized carbons (Fsp3) is 0.638. The molecule has 1 saturated heterocycles. The van der Waals surface area contributed by atoms with Crippen LogP contribution in [0.4, 0.5) is 0 Å². The van der Waals surface area contributed by atoms with E-state index in [-0.39, 0.29) is 62.9 Å². The molecule has 2 rings (SSSR count). The number of benzene rings is 1. The minimum atomic E-state index is -2.08. The van der Waals surface area contributed by atoms with E-state index in [0.717, 1.165) is 32.6 Å². The van der Waals surface area contributed by atoms with Crippen LogP contribution in [0.15, 0.2) is 24.3 Å². The third-order valence-corrected chi connectivity index (χ3v) is 18.1. The van der Waals surface area contributed by atoms with Crippen molar-refractivity contribution in [1.29, 1.82) is 0 Å². The second kappa shape index (κ2) is 47.8. The number of unbranched alkanes of at least 4 members (excludes halogenated alkanes) is 1. The fourth-order valence-electron chi connectivity index (χ4n) is 11.2. The van der Waals surface area contributed by atoms with Crippen LogP contribution in [-0.2, 0) is 97.5 Å². The standard InChI is InChI=1S/C69H109N17O27/c1-10-30(3)51(64(108)79-42(26-47(92)93)60(104)74-33(6)57(101)80-44(28-49(96)97)69(113)86-24-14-16-45(86)63(107)73-29-50(98)99)81-62(106)41(25-37-17-19-38(90)20-18-37)78-65(109)52(31(4)11-2)82-67(111)54(35(8)88)84-59(103)40(21-22-46(72)91)76-66(110)53(34(7)87)85-68(112)55(36(9)89)83-58(102)39(15-12-13-23-70)75-61(105)43(27-48(94)95)77-56(100)32(5)71/h17-20,30-36,39-45,51-55,87-90H,10-16,21-29,70-71H2,1-9H3,(H2,72,91)(H,73,107)(H,74,104)(H,75,105)(H,76,110)(H,77,100)(H,78,109)(H,79,108)(H,80,101)(H,81,106)(H,82,111)(H,83,102)(H,84,103)(H,85,112)(H,92,93)(H,94,95)(H,96,97)(H,98,99)/t30-,31-,32-,33-,34+,35+,36+,39-,40-,41-,42-,43-,44-,45-,51-,52-,53-,54-,55-/m0/s1. The molecule has 632 valence electrons. The minimum Gasteiger partial charge on any atom is -0.508 e. The molecule has 44 nitrogen and oxygen atoms in total.